The minimum absolute atomic E-state index is 0.650. The molecule has 4 aromatic rings. The van der Waals surface area contributed by atoms with E-state index in [1.807, 2.05) is 90.6 Å². The highest BCUT2D eigenvalue weighted by Gasteiger charge is 2.08. The number of hydrogen-bond acceptors (Lipinski definition) is 3. The minimum atomic E-state index is 0.650. The number of nitrogens with one attached hydrogen (secondary N) is 1. The van der Waals surface area contributed by atoms with Crippen LogP contribution in [-0.4, -0.2) is 9.55 Å². The molecule has 5 heteroatoms. The SMILES string of the molecule is Cn1c(-c2ccc(Cl)cc2)cnc1NCc1cccc(Oc2ccccc2)c1. The van der Waals surface area contributed by atoms with Crippen LogP contribution in [0.2, 0.25) is 5.02 Å². The number of para-hydroxylation sites is 1. The number of benzene rings is 3. The van der Waals surface area contributed by atoms with Gasteiger partial charge in [-0.05, 0) is 47.5 Å². The molecule has 4 nitrogen and oxygen atoms in total. The molecule has 28 heavy (non-hydrogen) atoms. The molecule has 1 heterocycles. The van der Waals surface area contributed by atoms with Gasteiger partial charge in [0.1, 0.15) is 11.5 Å². The molecule has 3 aromatic carbocycles. The van der Waals surface area contributed by atoms with E-state index in [4.69, 9.17) is 16.3 Å². The molecule has 0 aliphatic rings. The van der Waals surface area contributed by atoms with Crippen molar-refractivity contribution in [2.24, 2.45) is 7.05 Å². The lowest BCUT2D eigenvalue weighted by Crippen LogP contribution is -2.05. The number of aromatic nitrogens is 2. The Morgan fingerprint density at radius 3 is 2.46 bits per heavy atom. The summed E-state index contributed by atoms with van der Waals surface area (Å²) in [4.78, 5) is 4.51. The Hall–Kier alpha value is -3.24. The zero-order valence-electron chi connectivity index (χ0n) is 15.5. The summed E-state index contributed by atoms with van der Waals surface area (Å²) in [6.45, 7) is 0.650. The largest absolute Gasteiger partial charge is 0.457 e. The molecule has 4 rings (SSSR count). The van der Waals surface area contributed by atoms with E-state index in [9.17, 15) is 0 Å². The number of hydrogen-bond donors (Lipinski definition) is 1. The van der Waals surface area contributed by atoms with Crippen molar-refractivity contribution in [2.45, 2.75) is 6.54 Å². The Balaban J connectivity index is 1.45. The highest BCUT2D eigenvalue weighted by Crippen LogP contribution is 2.25. The number of halogens is 1. The zero-order valence-corrected chi connectivity index (χ0v) is 16.2. The quantitative estimate of drug-likeness (QED) is 0.430. The van der Waals surface area contributed by atoms with Gasteiger partial charge < -0.3 is 14.6 Å². The van der Waals surface area contributed by atoms with E-state index in [-0.39, 0.29) is 0 Å². The predicted octanol–water partition coefficient (Wildman–Crippen LogP) is 6.14. The first kappa shape index (κ1) is 18.1. The Morgan fingerprint density at radius 2 is 1.68 bits per heavy atom. The van der Waals surface area contributed by atoms with E-state index in [1.165, 1.54) is 0 Å². The molecule has 0 bridgehead atoms. The Morgan fingerprint density at radius 1 is 0.929 bits per heavy atom. The monoisotopic (exact) mass is 389 g/mol. The first-order valence-corrected chi connectivity index (χ1v) is 9.40. The maximum atomic E-state index is 5.98. The summed E-state index contributed by atoms with van der Waals surface area (Å²) in [5, 5.41) is 4.12. The Bertz CT molecular complexity index is 1060. The molecule has 140 valence electrons. The topological polar surface area (TPSA) is 39.1 Å². The van der Waals surface area contributed by atoms with Crippen molar-refractivity contribution in [3.63, 3.8) is 0 Å². The van der Waals surface area contributed by atoms with Gasteiger partial charge in [-0.1, -0.05) is 54.1 Å². The Labute approximate surface area is 169 Å². The average molecular weight is 390 g/mol. The van der Waals surface area contributed by atoms with Crippen molar-refractivity contribution in [3.05, 3.63) is 95.6 Å². The van der Waals surface area contributed by atoms with Crippen LogP contribution in [0.3, 0.4) is 0 Å². The number of nitrogens with zero attached hydrogens (tertiary/aromatic N) is 2. The van der Waals surface area contributed by atoms with Gasteiger partial charge in [-0.3, -0.25) is 0 Å². The van der Waals surface area contributed by atoms with E-state index in [1.54, 1.807) is 0 Å². The van der Waals surface area contributed by atoms with Gasteiger partial charge in [-0.15, -0.1) is 0 Å². The predicted molar refractivity (Wildman–Crippen MR) is 114 cm³/mol. The summed E-state index contributed by atoms with van der Waals surface area (Å²) in [6.07, 6.45) is 1.86. The summed E-state index contributed by atoms with van der Waals surface area (Å²) < 4.78 is 7.94. The van der Waals surface area contributed by atoms with Crippen LogP contribution in [-0.2, 0) is 13.6 Å². The van der Waals surface area contributed by atoms with Gasteiger partial charge in [0.05, 0.1) is 11.9 Å². The first-order valence-electron chi connectivity index (χ1n) is 9.02. The lowest BCUT2D eigenvalue weighted by atomic mass is 10.2. The van der Waals surface area contributed by atoms with Crippen molar-refractivity contribution in [1.82, 2.24) is 9.55 Å². The molecule has 0 atom stereocenters. The lowest BCUT2D eigenvalue weighted by Gasteiger charge is -2.10. The van der Waals surface area contributed by atoms with Crippen molar-refractivity contribution in [1.29, 1.82) is 0 Å². The molecule has 0 unspecified atom stereocenters. The molecule has 1 aromatic heterocycles. The van der Waals surface area contributed by atoms with Crippen LogP contribution in [0.1, 0.15) is 5.56 Å². The summed E-state index contributed by atoms with van der Waals surface area (Å²) in [7, 11) is 1.99. The van der Waals surface area contributed by atoms with Crippen LogP contribution >= 0.6 is 11.6 Å². The van der Waals surface area contributed by atoms with Crippen LogP contribution in [0, 0.1) is 0 Å². The first-order chi connectivity index (χ1) is 13.7. The van der Waals surface area contributed by atoms with Crippen LogP contribution in [0.15, 0.2) is 85.1 Å². The minimum Gasteiger partial charge on any atom is -0.457 e. The van der Waals surface area contributed by atoms with Gasteiger partial charge in [0.15, 0.2) is 0 Å². The highest BCUT2D eigenvalue weighted by atomic mass is 35.5. The lowest BCUT2D eigenvalue weighted by molar-refractivity contribution is 0.482. The molecule has 1 N–H and O–H groups in total. The van der Waals surface area contributed by atoms with Crippen LogP contribution in [0.5, 0.6) is 11.5 Å². The molecular formula is C23H20ClN3O. The van der Waals surface area contributed by atoms with E-state index >= 15 is 0 Å². The summed E-state index contributed by atoms with van der Waals surface area (Å²) in [5.74, 6) is 2.44. The summed E-state index contributed by atoms with van der Waals surface area (Å²) in [5.41, 5.74) is 3.22. The molecular weight excluding hydrogens is 370 g/mol. The van der Waals surface area contributed by atoms with E-state index < -0.39 is 0 Å². The van der Waals surface area contributed by atoms with Crippen molar-refractivity contribution < 1.29 is 4.74 Å². The molecule has 0 radical (unpaired) electrons. The highest BCUT2D eigenvalue weighted by molar-refractivity contribution is 6.30. The van der Waals surface area contributed by atoms with Gasteiger partial charge in [-0.2, -0.15) is 0 Å². The maximum absolute atomic E-state index is 5.98. The third-order valence-electron chi connectivity index (χ3n) is 4.46. The number of imidazole rings is 1. The van der Waals surface area contributed by atoms with Gasteiger partial charge >= 0.3 is 0 Å². The second-order valence-electron chi connectivity index (χ2n) is 6.45. The van der Waals surface area contributed by atoms with Gasteiger partial charge in [-0.25, -0.2) is 4.98 Å². The molecule has 0 saturated carbocycles. The van der Waals surface area contributed by atoms with Crippen molar-refractivity contribution in [3.8, 4) is 22.8 Å². The molecule has 0 amide bonds. The zero-order chi connectivity index (χ0) is 19.3. The molecule has 0 saturated heterocycles. The normalized spacial score (nSPS) is 10.6. The maximum Gasteiger partial charge on any atom is 0.203 e. The van der Waals surface area contributed by atoms with Gasteiger partial charge in [0.25, 0.3) is 0 Å². The van der Waals surface area contributed by atoms with E-state index in [0.717, 1.165) is 39.3 Å². The van der Waals surface area contributed by atoms with Crippen LogP contribution in [0.25, 0.3) is 11.3 Å². The third kappa shape index (κ3) is 4.18. The fourth-order valence-corrected chi connectivity index (χ4v) is 3.11. The molecule has 0 fully saturated rings. The van der Waals surface area contributed by atoms with Crippen LogP contribution < -0.4 is 10.1 Å². The number of rotatable bonds is 6. The fourth-order valence-electron chi connectivity index (χ4n) is 2.99. The molecule has 0 spiro atoms. The van der Waals surface area contributed by atoms with Gasteiger partial charge in [0, 0.05) is 18.6 Å². The van der Waals surface area contributed by atoms with Crippen LogP contribution in [0.4, 0.5) is 5.95 Å². The second kappa shape index (κ2) is 8.19. The molecule has 0 aliphatic carbocycles. The number of anilines is 1. The van der Waals surface area contributed by atoms with E-state index in [2.05, 4.69) is 16.4 Å². The summed E-state index contributed by atoms with van der Waals surface area (Å²) >= 11 is 5.98. The Kier molecular flexibility index (Phi) is 5.31. The average Bonchev–Trinajstić information content (AvgIpc) is 3.08. The number of ether oxygens (including phenoxy) is 1. The van der Waals surface area contributed by atoms with Gasteiger partial charge in [0.2, 0.25) is 5.95 Å². The van der Waals surface area contributed by atoms with Crippen molar-refractivity contribution >= 4 is 17.5 Å². The summed E-state index contributed by atoms with van der Waals surface area (Å²) in [6, 6.07) is 25.6. The van der Waals surface area contributed by atoms with E-state index in [0.29, 0.717) is 6.54 Å². The second-order valence-corrected chi connectivity index (χ2v) is 6.89. The van der Waals surface area contributed by atoms with Crippen molar-refractivity contribution in [2.75, 3.05) is 5.32 Å². The standard InChI is InChI=1S/C23H20ClN3O/c1-27-22(18-10-12-19(24)13-11-18)16-26-23(27)25-15-17-6-5-9-21(14-17)28-20-7-3-2-4-8-20/h2-14,16H,15H2,1H3,(H,25,26). The smallest absolute Gasteiger partial charge is 0.203 e. The molecule has 0 aliphatic heterocycles. The fraction of sp³-hybridized carbons (Fsp3) is 0.0870. The third-order valence-corrected chi connectivity index (χ3v) is 4.71.